The van der Waals surface area contributed by atoms with E-state index in [1.54, 1.807) is 6.07 Å². The summed E-state index contributed by atoms with van der Waals surface area (Å²) in [7, 11) is 0. The first-order chi connectivity index (χ1) is 9.74. The van der Waals surface area contributed by atoms with E-state index in [9.17, 15) is 5.11 Å². The first-order valence-corrected chi connectivity index (χ1v) is 6.78. The molecule has 1 heteroatoms. The Bertz CT molecular complexity index is 967. The van der Waals surface area contributed by atoms with E-state index in [2.05, 4.69) is 49.4 Å². The molecule has 0 aliphatic heterocycles. The number of fused-ring (bicyclic) bond motifs is 4. The van der Waals surface area contributed by atoms with Crippen molar-refractivity contribution in [2.45, 2.75) is 6.92 Å². The predicted octanol–water partition coefficient (Wildman–Crippen LogP) is 5.16. The molecule has 0 spiro atoms. The highest BCUT2D eigenvalue weighted by molar-refractivity contribution is 6.14. The Labute approximate surface area is 117 Å². The molecule has 20 heavy (non-hydrogen) atoms. The quantitative estimate of drug-likeness (QED) is 0.341. The summed E-state index contributed by atoms with van der Waals surface area (Å²) in [5, 5.41) is 17.0. The number of hydrogen-bond donors (Lipinski definition) is 1. The molecule has 0 fully saturated rings. The SMILES string of the molecule is Cc1ccc(O)c2ccc3cc4ccccc4cc3c12. The lowest BCUT2D eigenvalue weighted by Crippen LogP contribution is -1.83. The van der Waals surface area contributed by atoms with Gasteiger partial charge in [0.05, 0.1) is 0 Å². The Morgan fingerprint density at radius 2 is 1.45 bits per heavy atom. The largest absolute Gasteiger partial charge is 0.507 e. The summed E-state index contributed by atoms with van der Waals surface area (Å²) in [6, 6.07) is 20.7. The maximum atomic E-state index is 10.1. The molecule has 0 aliphatic carbocycles. The maximum Gasteiger partial charge on any atom is 0.123 e. The smallest absolute Gasteiger partial charge is 0.123 e. The number of phenols is 1. The molecule has 0 bridgehead atoms. The third-order valence-electron chi connectivity index (χ3n) is 4.05. The average molecular weight is 258 g/mol. The van der Waals surface area contributed by atoms with E-state index in [0.717, 1.165) is 10.8 Å². The van der Waals surface area contributed by atoms with Crippen molar-refractivity contribution in [2.24, 2.45) is 0 Å². The van der Waals surface area contributed by atoms with Crippen LogP contribution in [0.15, 0.2) is 60.7 Å². The number of hydrogen-bond acceptors (Lipinski definition) is 1. The zero-order chi connectivity index (χ0) is 13.7. The van der Waals surface area contributed by atoms with Gasteiger partial charge in [-0.2, -0.15) is 0 Å². The van der Waals surface area contributed by atoms with Gasteiger partial charge in [0, 0.05) is 5.39 Å². The van der Waals surface area contributed by atoms with Crippen molar-refractivity contribution in [2.75, 3.05) is 0 Å². The molecule has 0 saturated heterocycles. The van der Waals surface area contributed by atoms with Crippen LogP contribution in [-0.2, 0) is 0 Å². The molecule has 0 aromatic heterocycles. The zero-order valence-corrected chi connectivity index (χ0v) is 11.2. The van der Waals surface area contributed by atoms with Gasteiger partial charge in [-0.15, -0.1) is 0 Å². The van der Waals surface area contributed by atoms with E-state index in [1.165, 1.54) is 27.1 Å². The van der Waals surface area contributed by atoms with Crippen molar-refractivity contribution in [3.8, 4) is 5.75 Å². The number of phenolic OH excluding ortho intramolecular Hbond substituents is 1. The summed E-state index contributed by atoms with van der Waals surface area (Å²) >= 11 is 0. The minimum Gasteiger partial charge on any atom is -0.507 e. The summed E-state index contributed by atoms with van der Waals surface area (Å²) in [4.78, 5) is 0. The fourth-order valence-electron chi connectivity index (χ4n) is 3.03. The van der Waals surface area contributed by atoms with Crippen LogP contribution < -0.4 is 0 Å². The third-order valence-corrected chi connectivity index (χ3v) is 4.05. The van der Waals surface area contributed by atoms with E-state index < -0.39 is 0 Å². The second-order valence-corrected chi connectivity index (χ2v) is 5.31. The molecular formula is C19H14O. The van der Waals surface area contributed by atoms with Gasteiger partial charge in [-0.1, -0.05) is 42.5 Å². The van der Waals surface area contributed by atoms with Crippen LogP contribution in [-0.4, -0.2) is 5.11 Å². The monoisotopic (exact) mass is 258 g/mol. The van der Waals surface area contributed by atoms with Crippen molar-refractivity contribution < 1.29 is 5.11 Å². The fraction of sp³-hybridized carbons (Fsp3) is 0.0526. The van der Waals surface area contributed by atoms with Crippen molar-refractivity contribution in [1.29, 1.82) is 0 Å². The fourth-order valence-corrected chi connectivity index (χ4v) is 3.03. The van der Waals surface area contributed by atoms with Crippen molar-refractivity contribution in [3.63, 3.8) is 0 Å². The van der Waals surface area contributed by atoms with Crippen LogP contribution in [0.1, 0.15) is 5.56 Å². The molecule has 0 saturated carbocycles. The molecule has 4 aromatic carbocycles. The van der Waals surface area contributed by atoms with Crippen LogP contribution in [0.3, 0.4) is 0 Å². The van der Waals surface area contributed by atoms with Crippen LogP contribution in [0.2, 0.25) is 0 Å². The molecule has 0 amide bonds. The van der Waals surface area contributed by atoms with E-state index in [0.29, 0.717) is 5.75 Å². The number of rotatable bonds is 0. The van der Waals surface area contributed by atoms with Crippen LogP contribution >= 0.6 is 0 Å². The van der Waals surface area contributed by atoms with Crippen LogP contribution in [0.4, 0.5) is 0 Å². The highest BCUT2D eigenvalue weighted by atomic mass is 16.3. The zero-order valence-electron chi connectivity index (χ0n) is 11.2. The minimum atomic E-state index is 0.348. The summed E-state index contributed by atoms with van der Waals surface area (Å²) in [5.74, 6) is 0.348. The minimum absolute atomic E-state index is 0.348. The second kappa shape index (κ2) is 3.97. The molecule has 4 aromatic rings. The van der Waals surface area contributed by atoms with E-state index in [1.807, 2.05) is 12.1 Å². The summed E-state index contributed by atoms with van der Waals surface area (Å²) in [5.41, 5.74) is 1.19. The van der Waals surface area contributed by atoms with Gasteiger partial charge in [0.15, 0.2) is 0 Å². The van der Waals surface area contributed by atoms with E-state index in [-0.39, 0.29) is 0 Å². The molecule has 0 atom stereocenters. The molecule has 4 rings (SSSR count). The van der Waals surface area contributed by atoms with E-state index >= 15 is 0 Å². The first kappa shape index (κ1) is 11.3. The Hall–Kier alpha value is -2.54. The highest BCUT2D eigenvalue weighted by Crippen LogP contribution is 2.35. The van der Waals surface area contributed by atoms with E-state index in [4.69, 9.17) is 0 Å². The van der Waals surface area contributed by atoms with Gasteiger partial charge in [0.25, 0.3) is 0 Å². The third kappa shape index (κ3) is 1.50. The van der Waals surface area contributed by atoms with Crippen molar-refractivity contribution in [1.82, 2.24) is 0 Å². The molecule has 0 radical (unpaired) electrons. The van der Waals surface area contributed by atoms with Gasteiger partial charge < -0.3 is 5.11 Å². The molecule has 1 nitrogen and oxygen atoms in total. The lowest BCUT2D eigenvalue weighted by Gasteiger charge is -2.10. The van der Waals surface area contributed by atoms with Crippen molar-refractivity contribution in [3.05, 3.63) is 66.2 Å². The standard InChI is InChI=1S/C19H14O/c1-12-6-9-18(20)16-8-7-15-10-13-4-2-3-5-14(13)11-17(15)19(12)16/h2-11,20H,1H3. The van der Waals surface area contributed by atoms with Gasteiger partial charge in [-0.25, -0.2) is 0 Å². The van der Waals surface area contributed by atoms with Crippen LogP contribution in [0, 0.1) is 6.92 Å². The van der Waals surface area contributed by atoms with Gasteiger partial charge in [0.2, 0.25) is 0 Å². The van der Waals surface area contributed by atoms with Crippen LogP contribution in [0.25, 0.3) is 32.3 Å². The average Bonchev–Trinajstić information content (AvgIpc) is 2.48. The molecule has 0 heterocycles. The molecule has 0 aliphatic rings. The maximum absolute atomic E-state index is 10.1. The summed E-state index contributed by atoms with van der Waals surface area (Å²) in [6.07, 6.45) is 0. The Morgan fingerprint density at radius 1 is 0.700 bits per heavy atom. The van der Waals surface area contributed by atoms with Gasteiger partial charge >= 0.3 is 0 Å². The number of aryl methyl sites for hydroxylation is 1. The summed E-state index contributed by atoms with van der Waals surface area (Å²) in [6.45, 7) is 2.09. The lowest BCUT2D eigenvalue weighted by molar-refractivity contribution is 0.481. The van der Waals surface area contributed by atoms with Crippen LogP contribution in [0.5, 0.6) is 5.75 Å². The highest BCUT2D eigenvalue weighted by Gasteiger charge is 2.07. The molecule has 96 valence electrons. The Morgan fingerprint density at radius 3 is 2.25 bits per heavy atom. The predicted molar refractivity (Wildman–Crippen MR) is 85.4 cm³/mol. The van der Waals surface area contributed by atoms with Gasteiger partial charge in [-0.3, -0.25) is 0 Å². The molecule has 1 N–H and O–H groups in total. The van der Waals surface area contributed by atoms with Gasteiger partial charge in [-0.05, 0) is 57.6 Å². The lowest BCUT2D eigenvalue weighted by atomic mass is 9.95. The Kier molecular flexibility index (Phi) is 2.25. The summed E-state index contributed by atoms with van der Waals surface area (Å²) < 4.78 is 0. The topological polar surface area (TPSA) is 20.2 Å². The Balaban J connectivity index is 2.29. The second-order valence-electron chi connectivity index (χ2n) is 5.31. The molecule has 0 unspecified atom stereocenters. The van der Waals surface area contributed by atoms with Gasteiger partial charge in [0.1, 0.15) is 5.75 Å². The molecular weight excluding hydrogens is 244 g/mol. The normalized spacial score (nSPS) is 11.4. The first-order valence-electron chi connectivity index (χ1n) is 6.78. The number of benzene rings is 4. The number of aromatic hydroxyl groups is 1. The van der Waals surface area contributed by atoms with Crippen molar-refractivity contribution >= 4 is 32.3 Å².